The summed E-state index contributed by atoms with van der Waals surface area (Å²) in [5.41, 5.74) is 1.80. The highest BCUT2D eigenvalue weighted by atomic mass is 16.6. The maximum Gasteiger partial charge on any atom is 0.269 e. The van der Waals surface area contributed by atoms with E-state index in [9.17, 15) is 10.1 Å². The summed E-state index contributed by atoms with van der Waals surface area (Å²) < 4.78 is 0. The number of nitrogens with zero attached hydrogens (tertiary/aromatic N) is 1. The molecule has 0 spiro atoms. The van der Waals surface area contributed by atoms with E-state index in [4.69, 9.17) is 5.11 Å². The first kappa shape index (κ1) is 11.5. The molecule has 1 rings (SSSR count). The van der Waals surface area contributed by atoms with Gasteiger partial charge in [-0.2, -0.15) is 0 Å². The molecular formula is C10H14N2O3. The lowest BCUT2D eigenvalue weighted by Gasteiger charge is -2.07. The quantitative estimate of drug-likeness (QED) is 0.440. The number of aliphatic hydroxyl groups is 1. The van der Waals surface area contributed by atoms with Gasteiger partial charge in [0.2, 0.25) is 0 Å². The zero-order valence-electron chi connectivity index (χ0n) is 8.56. The van der Waals surface area contributed by atoms with Crippen LogP contribution in [0.1, 0.15) is 12.0 Å². The molecule has 0 aliphatic rings. The highest BCUT2D eigenvalue weighted by Crippen LogP contribution is 2.20. The number of benzene rings is 1. The normalized spacial score (nSPS) is 10.0. The number of nitro groups is 1. The Hall–Kier alpha value is -1.62. The third kappa shape index (κ3) is 3.21. The van der Waals surface area contributed by atoms with Crippen LogP contribution < -0.4 is 5.32 Å². The van der Waals surface area contributed by atoms with Gasteiger partial charge in [-0.3, -0.25) is 10.1 Å². The Morgan fingerprint density at radius 3 is 2.80 bits per heavy atom. The lowest BCUT2D eigenvalue weighted by Crippen LogP contribution is -2.04. The second-order valence-corrected chi connectivity index (χ2v) is 3.26. The van der Waals surface area contributed by atoms with Crippen LogP contribution in [0, 0.1) is 17.0 Å². The summed E-state index contributed by atoms with van der Waals surface area (Å²) in [6.45, 7) is 2.61. The zero-order valence-corrected chi connectivity index (χ0v) is 8.56. The number of rotatable bonds is 5. The van der Waals surface area contributed by atoms with E-state index in [-0.39, 0.29) is 12.3 Å². The smallest absolute Gasteiger partial charge is 0.269 e. The fourth-order valence-corrected chi connectivity index (χ4v) is 1.26. The molecule has 2 N–H and O–H groups in total. The maximum absolute atomic E-state index is 10.5. The Kier molecular flexibility index (Phi) is 4.05. The molecule has 5 nitrogen and oxygen atoms in total. The Labute approximate surface area is 87.9 Å². The van der Waals surface area contributed by atoms with Gasteiger partial charge in [0.25, 0.3) is 5.69 Å². The summed E-state index contributed by atoms with van der Waals surface area (Å²) in [4.78, 5) is 10.1. The molecule has 0 heterocycles. The summed E-state index contributed by atoms with van der Waals surface area (Å²) in [5, 5.41) is 22.2. The largest absolute Gasteiger partial charge is 0.396 e. The lowest BCUT2D eigenvalue weighted by atomic mass is 10.2. The summed E-state index contributed by atoms with van der Waals surface area (Å²) in [6, 6.07) is 4.68. The van der Waals surface area contributed by atoms with Crippen molar-refractivity contribution < 1.29 is 10.0 Å². The minimum absolute atomic E-state index is 0.0974. The van der Waals surface area contributed by atoms with Gasteiger partial charge in [-0.25, -0.2) is 0 Å². The molecule has 15 heavy (non-hydrogen) atoms. The summed E-state index contributed by atoms with van der Waals surface area (Å²) in [5.74, 6) is 0. The molecule has 0 amide bonds. The monoisotopic (exact) mass is 210 g/mol. The van der Waals surface area contributed by atoms with Crippen LogP contribution in [0.2, 0.25) is 0 Å². The predicted molar refractivity (Wildman–Crippen MR) is 58.0 cm³/mol. The second kappa shape index (κ2) is 5.31. The molecule has 0 fully saturated rings. The number of anilines is 1. The van der Waals surface area contributed by atoms with E-state index in [1.165, 1.54) is 12.1 Å². The molecule has 0 aliphatic carbocycles. The van der Waals surface area contributed by atoms with Gasteiger partial charge in [-0.15, -0.1) is 0 Å². The molecule has 1 aromatic rings. The van der Waals surface area contributed by atoms with E-state index in [1.807, 2.05) is 6.92 Å². The van der Waals surface area contributed by atoms with Gasteiger partial charge in [-0.1, -0.05) is 0 Å². The highest BCUT2D eigenvalue weighted by Gasteiger charge is 2.07. The van der Waals surface area contributed by atoms with Gasteiger partial charge < -0.3 is 10.4 Å². The van der Waals surface area contributed by atoms with E-state index in [0.717, 1.165) is 11.3 Å². The molecule has 0 saturated carbocycles. The minimum Gasteiger partial charge on any atom is -0.396 e. The van der Waals surface area contributed by atoms with Gasteiger partial charge in [0.1, 0.15) is 0 Å². The summed E-state index contributed by atoms with van der Waals surface area (Å²) >= 11 is 0. The Bertz CT molecular complexity index is 353. The van der Waals surface area contributed by atoms with Crippen molar-refractivity contribution in [2.24, 2.45) is 0 Å². The summed E-state index contributed by atoms with van der Waals surface area (Å²) in [7, 11) is 0. The van der Waals surface area contributed by atoms with Crippen molar-refractivity contribution in [2.75, 3.05) is 18.5 Å². The number of aliphatic hydroxyl groups excluding tert-OH is 1. The first-order chi connectivity index (χ1) is 7.15. The van der Waals surface area contributed by atoms with E-state index in [0.29, 0.717) is 13.0 Å². The van der Waals surface area contributed by atoms with Gasteiger partial charge in [0.15, 0.2) is 0 Å². The van der Waals surface area contributed by atoms with Crippen LogP contribution in [-0.2, 0) is 0 Å². The Morgan fingerprint density at radius 1 is 1.53 bits per heavy atom. The number of nitrogens with one attached hydrogen (secondary N) is 1. The molecule has 0 radical (unpaired) electrons. The molecule has 0 atom stereocenters. The minimum atomic E-state index is -0.412. The molecule has 5 heteroatoms. The van der Waals surface area contributed by atoms with Crippen LogP contribution in [0.25, 0.3) is 0 Å². The molecule has 82 valence electrons. The van der Waals surface area contributed by atoms with Crippen molar-refractivity contribution in [1.82, 2.24) is 0 Å². The van der Waals surface area contributed by atoms with E-state index in [1.54, 1.807) is 6.07 Å². The van der Waals surface area contributed by atoms with Crippen molar-refractivity contribution in [3.05, 3.63) is 33.9 Å². The molecule has 0 unspecified atom stereocenters. The van der Waals surface area contributed by atoms with Gasteiger partial charge in [0.05, 0.1) is 4.92 Å². The van der Waals surface area contributed by atoms with Gasteiger partial charge >= 0.3 is 0 Å². The van der Waals surface area contributed by atoms with Crippen LogP contribution in [0.15, 0.2) is 18.2 Å². The molecule has 1 aromatic carbocycles. The van der Waals surface area contributed by atoms with Crippen LogP contribution in [-0.4, -0.2) is 23.2 Å². The third-order valence-corrected chi connectivity index (χ3v) is 2.07. The average Bonchev–Trinajstić information content (AvgIpc) is 2.20. The van der Waals surface area contributed by atoms with Crippen molar-refractivity contribution in [1.29, 1.82) is 0 Å². The fraction of sp³-hybridized carbons (Fsp3) is 0.400. The average molecular weight is 210 g/mol. The van der Waals surface area contributed by atoms with Crippen LogP contribution >= 0.6 is 0 Å². The first-order valence-corrected chi connectivity index (χ1v) is 4.75. The van der Waals surface area contributed by atoms with E-state index < -0.39 is 4.92 Å². The molecule has 0 saturated heterocycles. The Morgan fingerprint density at radius 2 is 2.27 bits per heavy atom. The van der Waals surface area contributed by atoms with Crippen molar-refractivity contribution >= 4 is 11.4 Å². The zero-order chi connectivity index (χ0) is 11.3. The van der Waals surface area contributed by atoms with Crippen LogP contribution in [0.5, 0.6) is 0 Å². The molecule has 0 aromatic heterocycles. The highest BCUT2D eigenvalue weighted by molar-refractivity contribution is 5.55. The molecule has 0 bridgehead atoms. The van der Waals surface area contributed by atoms with E-state index >= 15 is 0 Å². The standard InChI is InChI=1S/C10H14N2O3/c1-8-7-9(12(14)15)3-4-10(8)11-5-2-6-13/h3-4,7,11,13H,2,5-6H2,1H3. The number of hydrogen-bond donors (Lipinski definition) is 2. The number of non-ortho nitro benzene ring substituents is 1. The Balaban J connectivity index is 2.70. The number of nitro benzene ring substituents is 1. The molecular weight excluding hydrogens is 196 g/mol. The fourth-order valence-electron chi connectivity index (χ4n) is 1.26. The van der Waals surface area contributed by atoms with Crippen molar-refractivity contribution in [2.45, 2.75) is 13.3 Å². The SMILES string of the molecule is Cc1cc([N+](=O)[O-])ccc1NCCCO. The van der Waals surface area contributed by atoms with Gasteiger partial charge in [0, 0.05) is 31.0 Å². The number of aryl methyl sites for hydroxylation is 1. The lowest BCUT2D eigenvalue weighted by molar-refractivity contribution is -0.384. The predicted octanol–water partition coefficient (Wildman–Crippen LogP) is 1.70. The van der Waals surface area contributed by atoms with Crippen molar-refractivity contribution in [3.63, 3.8) is 0 Å². The van der Waals surface area contributed by atoms with Crippen LogP contribution in [0.3, 0.4) is 0 Å². The molecule has 0 aliphatic heterocycles. The first-order valence-electron chi connectivity index (χ1n) is 4.75. The number of hydrogen-bond acceptors (Lipinski definition) is 4. The third-order valence-electron chi connectivity index (χ3n) is 2.07. The summed E-state index contributed by atoms with van der Waals surface area (Å²) in [6.07, 6.45) is 0.663. The maximum atomic E-state index is 10.5. The second-order valence-electron chi connectivity index (χ2n) is 3.26. The topological polar surface area (TPSA) is 75.4 Å². The van der Waals surface area contributed by atoms with Crippen molar-refractivity contribution in [3.8, 4) is 0 Å². The van der Waals surface area contributed by atoms with Gasteiger partial charge in [-0.05, 0) is 25.0 Å². The van der Waals surface area contributed by atoms with E-state index in [2.05, 4.69) is 5.32 Å². The van der Waals surface area contributed by atoms with Crippen LogP contribution in [0.4, 0.5) is 11.4 Å².